The maximum absolute atomic E-state index is 12.4. The predicted octanol–water partition coefficient (Wildman–Crippen LogP) is 2.96. The van der Waals surface area contributed by atoms with E-state index in [2.05, 4.69) is 10.3 Å². The van der Waals surface area contributed by atoms with Crippen molar-refractivity contribution in [2.24, 2.45) is 0 Å². The number of hydrogen-bond donors (Lipinski definition) is 1. The molecule has 0 bridgehead atoms. The minimum absolute atomic E-state index is 0.163. The molecule has 0 aliphatic rings. The summed E-state index contributed by atoms with van der Waals surface area (Å²) in [5.74, 6) is 1.44. The fourth-order valence-electron chi connectivity index (χ4n) is 2.86. The minimum atomic E-state index is -0.361. The molecule has 0 fully saturated rings. The molecule has 1 N–H and O–H groups in total. The molecule has 2 aromatic carbocycles. The maximum atomic E-state index is 12.4. The van der Waals surface area contributed by atoms with Gasteiger partial charge in [0.2, 0.25) is 5.91 Å². The molecular weight excluding hydrogens is 386 g/mol. The summed E-state index contributed by atoms with van der Waals surface area (Å²) < 4.78 is 17.1. The number of aromatic nitrogens is 2. The van der Waals surface area contributed by atoms with E-state index in [0.29, 0.717) is 29.5 Å². The maximum Gasteiger partial charge on any atom is 0.254 e. The lowest BCUT2D eigenvalue weighted by molar-refractivity contribution is -0.116. The number of nitrogens with one attached hydrogen (secondary N) is 1. The summed E-state index contributed by atoms with van der Waals surface area (Å²) in [6, 6.07) is 13.7. The van der Waals surface area contributed by atoms with Crippen molar-refractivity contribution in [3.05, 3.63) is 65.2 Å². The highest BCUT2D eigenvalue weighted by Crippen LogP contribution is 2.29. The van der Waals surface area contributed by atoms with Gasteiger partial charge >= 0.3 is 0 Å². The third-order valence-corrected chi connectivity index (χ3v) is 4.32. The fourth-order valence-corrected chi connectivity index (χ4v) is 2.86. The first-order chi connectivity index (χ1) is 14.5. The van der Waals surface area contributed by atoms with Crippen molar-refractivity contribution in [3.63, 3.8) is 0 Å². The lowest BCUT2D eigenvalue weighted by Gasteiger charge is -2.11. The van der Waals surface area contributed by atoms with Crippen LogP contribution in [-0.4, -0.2) is 36.3 Å². The van der Waals surface area contributed by atoms with Gasteiger partial charge in [0.05, 0.1) is 32.8 Å². The number of anilines is 1. The van der Waals surface area contributed by atoms with Gasteiger partial charge in [0.25, 0.3) is 5.56 Å². The Bertz CT molecular complexity index is 1080. The van der Waals surface area contributed by atoms with Gasteiger partial charge < -0.3 is 19.5 Å². The van der Waals surface area contributed by atoms with Gasteiger partial charge in [-0.25, -0.2) is 4.98 Å². The van der Waals surface area contributed by atoms with Crippen LogP contribution in [0.2, 0.25) is 0 Å². The van der Waals surface area contributed by atoms with Crippen molar-refractivity contribution < 1.29 is 19.0 Å². The zero-order chi connectivity index (χ0) is 21.5. The minimum Gasteiger partial charge on any atom is -0.494 e. The van der Waals surface area contributed by atoms with Crippen LogP contribution in [0.5, 0.6) is 17.2 Å². The third kappa shape index (κ3) is 4.96. The molecule has 0 aliphatic heterocycles. The molecule has 30 heavy (non-hydrogen) atoms. The number of carbonyl (C=O) groups excluding carboxylic acids is 1. The topological polar surface area (TPSA) is 91.7 Å². The van der Waals surface area contributed by atoms with Crippen LogP contribution in [0, 0.1) is 0 Å². The number of ether oxygens (including phenoxy) is 3. The van der Waals surface area contributed by atoms with E-state index in [9.17, 15) is 9.59 Å². The predicted molar refractivity (Wildman–Crippen MR) is 113 cm³/mol. The lowest BCUT2D eigenvalue weighted by atomic mass is 10.1. The molecule has 156 valence electrons. The second kappa shape index (κ2) is 9.60. The van der Waals surface area contributed by atoms with Gasteiger partial charge in [-0.1, -0.05) is 0 Å². The average Bonchev–Trinajstić information content (AvgIpc) is 2.76. The van der Waals surface area contributed by atoms with Crippen LogP contribution in [0.15, 0.2) is 59.7 Å². The van der Waals surface area contributed by atoms with Crippen LogP contribution in [0.4, 0.5) is 5.69 Å². The second-order valence-corrected chi connectivity index (χ2v) is 6.32. The molecule has 0 aliphatic carbocycles. The highest BCUT2D eigenvalue weighted by Gasteiger charge is 2.10. The van der Waals surface area contributed by atoms with Crippen molar-refractivity contribution in [1.29, 1.82) is 0 Å². The Morgan fingerprint density at radius 1 is 1.03 bits per heavy atom. The quantitative estimate of drug-likeness (QED) is 0.615. The van der Waals surface area contributed by atoms with E-state index in [4.69, 9.17) is 14.2 Å². The van der Waals surface area contributed by atoms with Gasteiger partial charge in [0.15, 0.2) is 11.5 Å². The van der Waals surface area contributed by atoms with Gasteiger partial charge in [-0.2, -0.15) is 0 Å². The molecule has 0 atom stereocenters. The first kappa shape index (κ1) is 20.9. The summed E-state index contributed by atoms with van der Waals surface area (Å²) in [6.45, 7) is 2.33. The summed E-state index contributed by atoms with van der Waals surface area (Å²) in [5, 5.41) is 2.73. The normalized spacial score (nSPS) is 10.4. The lowest BCUT2D eigenvalue weighted by Crippen LogP contribution is -2.27. The van der Waals surface area contributed by atoms with E-state index in [1.54, 1.807) is 18.2 Å². The van der Waals surface area contributed by atoms with Crippen molar-refractivity contribution in [1.82, 2.24) is 9.55 Å². The Balaban J connectivity index is 1.69. The van der Waals surface area contributed by atoms with Gasteiger partial charge in [0, 0.05) is 23.4 Å². The first-order valence-electron chi connectivity index (χ1n) is 9.35. The number of rotatable bonds is 8. The van der Waals surface area contributed by atoms with Crippen LogP contribution in [0.25, 0.3) is 11.3 Å². The van der Waals surface area contributed by atoms with Gasteiger partial charge in [0.1, 0.15) is 12.3 Å². The van der Waals surface area contributed by atoms with Gasteiger partial charge in [-0.05, 0) is 43.3 Å². The van der Waals surface area contributed by atoms with Crippen molar-refractivity contribution in [3.8, 4) is 28.5 Å². The molecular formula is C22H23N3O5. The number of hydrogen-bond acceptors (Lipinski definition) is 6. The monoisotopic (exact) mass is 409 g/mol. The molecule has 8 heteroatoms. The molecule has 0 spiro atoms. The van der Waals surface area contributed by atoms with E-state index in [1.165, 1.54) is 31.2 Å². The summed E-state index contributed by atoms with van der Waals surface area (Å²) in [5.41, 5.74) is 1.53. The van der Waals surface area contributed by atoms with Gasteiger partial charge in [-0.15, -0.1) is 0 Å². The number of methoxy groups -OCH3 is 2. The highest BCUT2D eigenvalue weighted by atomic mass is 16.5. The van der Waals surface area contributed by atoms with Crippen LogP contribution in [0.1, 0.15) is 6.92 Å². The smallest absolute Gasteiger partial charge is 0.254 e. The van der Waals surface area contributed by atoms with E-state index in [0.717, 1.165) is 11.3 Å². The zero-order valence-electron chi connectivity index (χ0n) is 17.0. The van der Waals surface area contributed by atoms with E-state index in [1.807, 2.05) is 31.2 Å². The molecule has 3 rings (SSSR count). The summed E-state index contributed by atoms with van der Waals surface area (Å²) in [4.78, 5) is 29.1. The molecule has 3 aromatic rings. The standard InChI is InChI=1S/C22H23N3O5/c1-4-30-17-8-5-15(6-9-17)18-12-22(27)25(14-23-18)13-21(26)24-16-7-10-19(28-2)20(11-16)29-3/h5-12,14H,4,13H2,1-3H3,(H,24,26). The van der Waals surface area contributed by atoms with Crippen LogP contribution in [0.3, 0.4) is 0 Å². The molecule has 0 unspecified atom stereocenters. The number of amides is 1. The molecule has 0 radical (unpaired) electrons. The van der Waals surface area contributed by atoms with Crippen LogP contribution < -0.4 is 25.1 Å². The SMILES string of the molecule is CCOc1ccc(-c2cc(=O)n(CC(=O)Nc3ccc(OC)c(OC)c3)cn2)cc1. The molecule has 1 aromatic heterocycles. The van der Waals surface area contributed by atoms with Crippen molar-refractivity contribution >= 4 is 11.6 Å². The zero-order valence-corrected chi connectivity index (χ0v) is 17.0. The van der Waals surface area contributed by atoms with E-state index < -0.39 is 0 Å². The van der Waals surface area contributed by atoms with Crippen LogP contribution >= 0.6 is 0 Å². The number of carbonyl (C=O) groups is 1. The van der Waals surface area contributed by atoms with Gasteiger partial charge in [-0.3, -0.25) is 14.2 Å². The summed E-state index contributed by atoms with van der Waals surface area (Å²) in [7, 11) is 3.05. The molecule has 0 saturated heterocycles. The van der Waals surface area contributed by atoms with Crippen molar-refractivity contribution in [2.45, 2.75) is 13.5 Å². The number of nitrogens with zero attached hydrogens (tertiary/aromatic N) is 2. The highest BCUT2D eigenvalue weighted by molar-refractivity contribution is 5.90. The Labute approximate surface area is 174 Å². The molecule has 1 amide bonds. The largest absolute Gasteiger partial charge is 0.494 e. The Morgan fingerprint density at radius 3 is 2.40 bits per heavy atom. The van der Waals surface area contributed by atoms with Crippen molar-refractivity contribution in [2.75, 3.05) is 26.1 Å². The summed E-state index contributed by atoms with van der Waals surface area (Å²) in [6.07, 6.45) is 1.36. The number of benzene rings is 2. The Hall–Kier alpha value is -3.81. The molecule has 8 nitrogen and oxygen atoms in total. The average molecular weight is 409 g/mol. The van der Waals surface area contributed by atoms with E-state index >= 15 is 0 Å². The third-order valence-electron chi connectivity index (χ3n) is 4.32. The summed E-state index contributed by atoms with van der Waals surface area (Å²) >= 11 is 0. The molecule has 0 saturated carbocycles. The van der Waals surface area contributed by atoms with Crippen LogP contribution in [-0.2, 0) is 11.3 Å². The Morgan fingerprint density at radius 2 is 1.77 bits per heavy atom. The second-order valence-electron chi connectivity index (χ2n) is 6.32. The Kier molecular flexibility index (Phi) is 6.69. The fraction of sp³-hybridized carbons (Fsp3) is 0.227. The first-order valence-corrected chi connectivity index (χ1v) is 9.35. The van der Waals surface area contributed by atoms with E-state index in [-0.39, 0.29) is 18.0 Å². The molecule has 1 heterocycles.